The van der Waals surface area contributed by atoms with Crippen LogP contribution in [0.2, 0.25) is 0 Å². The lowest BCUT2D eigenvalue weighted by molar-refractivity contribution is -0.149. The lowest BCUT2D eigenvalue weighted by Gasteiger charge is -2.11. The maximum atomic E-state index is 11.6. The molecular weight excluding hydrogens is 288 g/mol. The Morgan fingerprint density at radius 3 is 2.36 bits per heavy atom. The van der Waals surface area contributed by atoms with E-state index in [1.165, 1.54) is 20.0 Å². The van der Waals surface area contributed by atoms with Crippen molar-refractivity contribution in [2.75, 3.05) is 14.2 Å². The molecule has 1 aromatic rings. The first-order chi connectivity index (χ1) is 10.5. The van der Waals surface area contributed by atoms with Crippen LogP contribution in [0, 0.1) is 0 Å². The third kappa shape index (κ3) is 5.66. The second kappa shape index (κ2) is 8.46. The van der Waals surface area contributed by atoms with Crippen LogP contribution in [0.5, 0.6) is 5.75 Å². The molecule has 7 nitrogen and oxygen atoms in total. The zero-order chi connectivity index (χ0) is 16.5. The summed E-state index contributed by atoms with van der Waals surface area (Å²) < 4.78 is 9.90. The van der Waals surface area contributed by atoms with Gasteiger partial charge in [0.25, 0.3) is 5.91 Å². The predicted molar refractivity (Wildman–Crippen MR) is 80.2 cm³/mol. The van der Waals surface area contributed by atoms with Gasteiger partial charge in [-0.2, -0.15) is 0 Å². The number of nitrogens with one attached hydrogen (secondary N) is 2. The summed E-state index contributed by atoms with van der Waals surface area (Å²) in [4.78, 5) is 34.1. The van der Waals surface area contributed by atoms with E-state index in [2.05, 4.69) is 5.32 Å². The molecule has 0 aromatic heterocycles. The Bertz CT molecular complexity index is 566. The molecule has 0 heterocycles. The molecule has 0 fully saturated rings. The summed E-state index contributed by atoms with van der Waals surface area (Å²) in [5, 5.41) is 4.24. The molecule has 0 unspecified atom stereocenters. The van der Waals surface area contributed by atoms with Crippen molar-refractivity contribution in [1.29, 1.82) is 0 Å². The van der Waals surface area contributed by atoms with Gasteiger partial charge >= 0.3 is 12.0 Å². The maximum absolute atomic E-state index is 11.6. The second-order valence-corrected chi connectivity index (χ2v) is 4.25. The number of amides is 3. The molecule has 1 rings (SSSR count). The minimum Gasteiger partial charge on any atom is -0.497 e. The van der Waals surface area contributed by atoms with Crippen molar-refractivity contribution < 1.29 is 23.9 Å². The Morgan fingerprint density at radius 2 is 1.82 bits per heavy atom. The minimum atomic E-state index is -1.08. The number of benzene rings is 1. The molecule has 1 atom stereocenters. The van der Waals surface area contributed by atoms with Gasteiger partial charge in [0.15, 0.2) is 6.10 Å². The van der Waals surface area contributed by atoms with Crippen LogP contribution in [0.4, 0.5) is 4.79 Å². The monoisotopic (exact) mass is 306 g/mol. The van der Waals surface area contributed by atoms with Crippen molar-refractivity contribution in [1.82, 2.24) is 10.6 Å². The van der Waals surface area contributed by atoms with E-state index in [1.807, 2.05) is 5.32 Å². The number of carbonyl (C=O) groups is 3. The number of carbonyl (C=O) groups excluding carboxylic acids is 3. The summed E-state index contributed by atoms with van der Waals surface area (Å²) in [6.07, 6.45) is 1.67. The molecule has 22 heavy (non-hydrogen) atoms. The van der Waals surface area contributed by atoms with E-state index in [9.17, 15) is 14.4 Å². The summed E-state index contributed by atoms with van der Waals surface area (Å²) in [7, 11) is 2.93. The van der Waals surface area contributed by atoms with Gasteiger partial charge in [-0.25, -0.2) is 9.59 Å². The first-order valence-electron chi connectivity index (χ1n) is 6.51. The highest BCUT2D eigenvalue weighted by Gasteiger charge is 2.18. The molecule has 0 radical (unpaired) electrons. The largest absolute Gasteiger partial charge is 0.497 e. The van der Waals surface area contributed by atoms with Crippen molar-refractivity contribution in [3.63, 3.8) is 0 Å². The zero-order valence-electron chi connectivity index (χ0n) is 12.6. The van der Waals surface area contributed by atoms with Crippen LogP contribution < -0.4 is 15.4 Å². The van der Waals surface area contributed by atoms with E-state index >= 15 is 0 Å². The molecular formula is C15H18N2O5. The van der Waals surface area contributed by atoms with Gasteiger partial charge in [0, 0.05) is 13.1 Å². The maximum Gasteiger partial charge on any atom is 0.331 e. The average molecular weight is 306 g/mol. The Hall–Kier alpha value is -2.83. The molecule has 0 saturated heterocycles. The molecule has 7 heteroatoms. The minimum absolute atomic E-state index is 0.665. The van der Waals surface area contributed by atoms with Gasteiger partial charge in [-0.05, 0) is 30.7 Å². The summed E-state index contributed by atoms with van der Waals surface area (Å²) >= 11 is 0. The number of esters is 1. The van der Waals surface area contributed by atoms with Crippen molar-refractivity contribution in [3.05, 3.63) is 35.9 Å². The summed E-state index contributed by atoms with van der Waals surface area (Å²) in [6.45, 7) is 1.37. The highest BCUT2D eigenvalue weighted by atomic mass is 16.5. The molecule has 0 bridgehead atoms. The normalized spacial score (nSPS) is 11.6. The molecule has 3 amide bonds. The Balaban J connectivity index is 2.52. The van der Waals surface area contributed by atoms with Gasteiger partial charge in [0.2, 0.25) is 0 Å². The molecule has 0 spiro atoms. The van der Waals surface area contributed by atoms with Crippen molar-refractivity contribution >= 4 is 24.0 Å². The van der Waals surface area contributed by atoms with Gasteiger partial charge in [-0.15, -0.1) is 0 Å². The fraction of sp³-hybridized carbons (Fsp3) is 0.267. The van der Waals surface area contributed by atoms with Crippen molar-refractivity contribution in [2.45, 2.75) is 13.0 Å². The van der Waals surface area contributed by atoms with E-state index in [4.69, 9.17) is 9.47 Å². The van der Waals surface area contributed by atoms with Crippen LogP contribution in [0.15, 0.2) is 30.3 Å². The Labute approximate surface area is 128 Å². The smallest absolute Gasteiger partial charge is 0.331 e. The van der Waals surface area contributed by atoms with Gasteiger partial charge in [0.1, 0.15) is 5.75 Å². The van der Waals surface area contributed by atoms with Gasteiger partial charge < -0.3 is 14.8 Å². The van der Waals surface area contributed by atoms with Crippen LogP contribution in [-0.2, 0) is 14.3 Å². The standard InChI is InChI=1S/C15H18N2O5/c1-10(14(19)17-15(20)16-2)22-13(18)9-6-11-4-7-12(21-3)8-5-11/h4-10H,1-3H3,(H2,16,17,19,20)/b9-6+/t10-/m0/s1. The van der Waals surface area contributed by atoms with E-state index < -0.39 is 24.0 Å². The van der Waals surface area contributed by atoms with Crippen molar-refractivity contribution in [3.8, 4) is 5.75 Å². The first-order valence-corrected chi connectivity index (χ1v) is 6.51. The van der Waals surface area contributed by atoms with Crippen LogP contribution in [0.3, 0.4) is 0 Å². The number of urea groups is 1. The Kier molecular flexibility index (Phi) is 6.62. The van der Waals surface area contributed by atoms with Gasteiger partial charge in [-0.1, -0.05) is 12.1 Å². The van der Waals surface area contributed by atoms with Crippen molar-refractivity contribution in [2.24, 2.45) is 0 Å². The molecule has 1 aromatic carbocycles. The van der Waals surface area contributed by atoms with E-state index in [0.29, 0.717) is 5.75 Å². The average Bonchev–Trinajstić information content (AvgIpc) is 2.53. The lowest BCUT2D eigenvalue weighted by atomic mass is 10.2. The first kappa shape index (κ1) is 17.2. The molecule has 118 valence electrons. The molecule has 0 aliphatic carbocycles. The fourth-order valence-electron chi connectivity index (χ4n) is 1.42. The summed E-state index contributed by atoms with van der Waals surface area (Å²) in [5.41, 5.74) is 0.778. The third-order valence-corrected chi connectivity index (χ3v) is 2.65. The topological polar surface area (TPSA) is 93.7 Å². The fourth-order valence-corrected chi connectivity index (χ4v) is 1.42. The number of imide groups is 1. The molecule has 0 saturated carbocycles. The van der Waals surface area contributed by atoms with Gasteiger partial charge in [-0.3, -0.25) is 10.1 Å². The lowest BCUT2D eigenvalue weighted by Crippen LogP contribution is -2.43. The van der Waals surface area contributed by atoms with Crippen LogP contribution in [0.1, 0.15) is 12.5 Å². The number of rotatable bonds is 5. The van der Waals surface area contributed by atoms with Crippen LogP contribution in [0.25, 0.3) is 6.08 Å². The highest BCUT2D eigenvalue weighted by Crippen LogP contribution is 2.12. The van der Waals surface area contributed by atoms with Crippen LogP contribution >= 0.6 is 0 Å². The molecule has 2 N–H and O–H groups in total. The summed E-state index contributed by atoms with van der Waals surface area (Å²) in [6, 6.07) is 6.38. The zero-order valence-corrected chi connectivity index (χ0v) is 12.6. The SMILES string of the molecule is CNC(=O)NC(=O)[C@H](C)OC(=O)/C=C/c1ccc(OC)cc1. The third-order valence-electron chi connectivity index (χ3n) is 2.65. The van der Waals surface area contributed by atoms with E-state index in [0.717, 1.165) is 5.56 Å². The second-order valence-electron chi connectivity index (χ2n) is 4.25. The summed E-state index contributed by atoms with van der Waals surface area (Å²) in [5.74, 6) is -0.680. The number of hydrogen-bond acceptors (Lipinski definition) is 5. The van der Waals surface area contributed by atoms with E-state index in [1.54, 1.807) is 37.5 Å². The number of ether oxygens (including phenoxy) is 2. The molecule has 0 aliphatic rings. The highest BCUT2D eigenvalue weighted by molar-refractivity contribution is 5.97. The molecule has 0 aliphatic heterocycles. The predicted octanol–water partition coefficient (Wildman–Crippen LogP) is 1.10. The number of methoxy groups -OCH3 is 1. The van der Waals surface area contributed by atoms with Gasteiger partial charge in [0.05, 0.1) is 7.11 Å². The number of hydrogen-bond donors (Lipinski definition) is 2. The quantitative estimate of drug-likeness (QED) is 0.627. The van der Waals surface area contributed by atoms with E-state index in [-0.39, 0.29) is 0 Å². The van der Waals surface area contributed by atoms with Crippen LogP contribution in [-0.4, -0.2) is 38.2 Å². The Morgan fingerprint density at radius 1 is 1.18 bits per heavy atom.